The highest BCUT2D eigenvalue weighted by Gasteiger charge is 2.18. The van der Waals surface area contributed by atoms with Gasteiger partial charge >= 0.3 is 7.82 Å². The van der Waals surface area contributed by atoms with Crippen LogP contribution in [0.2, 0.25) is 0 Å². The fraction of sp³-hybridized carbons (Fsp3) is 1.00. The average molecular weight is 214 g/mol. The minimum absolute atomic E-state index is 0.272. The van der Waals surface area contributed by atoms with Crippen LogP contribution in [-0.4, -0.2) is 35.9 Å². The summed E-state index contributed by atoms with van der Waals surface area (Å²) in [6, 6.07) is 0. The quantitative estimate of drug-likeness (QED) is 0.474. The van der Waals surface area contributed by atoms with Crippen molar-refractivity contribution in [3.05, 3.63) is 0 Å². The molecule has 2 N–H and O–H groups in total. The van der Waals surface area contributed by atoms with Gasteiger partial charge in [-0.3, -0.25) is 4.52 Å². The third-order valence-electron chi connectivity index (χ3n) is 1.08. The molecule has 0 heterocycles. The van der Waals surface area contributed by atoms with Gasteiger partial charge in [0.05, 0.1) is 0 Å². The van der Waals surface area contributed by atoms with Crippen LogP contribution in [0.5, 0.6) is 0 Å². The molecule has 0 amide bonds. The number of hydrogen-bond acceptors (Lipinski definition) is 4. The molecule has 6 nitrogen and oxygen atoms in total. The summed E-state index contributed by atoms with van der Waals surface area (Å²) < 4.78 is 24.5. The summed E-state index contributed by atoms with van der Waals surface area (Å²) in [4.78, 5) is 16.8. The maximum absolute atomic E-state index is 10.3. The molecule has 0 fully saturated rings. The first-order chi connectivity index (χ1) is 5.99. The van der Waals surface area contributed by atoms with Gasteiger partial charge in [0, 0.05) is 13.2 Å². The first-order valence-electron chi connectivity index (χ1n) is 3.93. The number of rotatable bonds is 7. The molecule has 0 saturated heterocycles. The van der Waals surface area contributed by atoms with Crippen LogP contribution in [0, 0.1) is 0 Å². The normalized spacial score (nSPS) is 12.4. The van der Waals surface area contributed by atoms with E-state index in [4.69, 9.17) is 19.3 Å². The molecule has 0 saturated carbocycles. The number of hydrogen-bond donors (Lipinski definition) is 2. The first kappa shape index (κ1) is 13.0. The second kappa shape index (κ2) is 6.48. The van der Waals surface area contributed by atoms with Gasteiger partial charge in [-0.25, -0.2) is 4.57 Å². The Hall–Kier alpha value is 0.0300. The summed E-state index contributed by atoms with van der Waals surface area (Å²) in [6.07, 6.45) is -0.720. The molecule has 0 radical (unpaired) electrons. The largest absolute Gasteiger partial charge is 0.469 e. The molecule has 0 aromatic heterocycles. The van der Waals surface area contributed by atoms with Gasteiger partial charge in [0.1, 0.15) is 6.61 Å². The van der Waals surface area contributed by atoms with E-state index >= 15 is 0 Å². The zero-order chi connectivity index (χ0) is 10.3. The first-order valence-corrected chi connectivity index (χ1v) is 5.46. The van der Waals surface area contributed by atoms with Crippen molar-refractivity contribution in [2.24, 2.45) is 0 Å². The highest BCUT2D eigenvalue weighted by Crippen LogP contribution is 2.35. The Bertz CT molecular complexity index is 161. The van der Waals surface area contributed by atoms with Crippen LogP contribution >= 0.6 is 7.82 Å². The van der Waals surface area contributed by atoms with Gasteiger partial charge in [0.25, 0.3) is 0 Å². The van der Waals surface area contributed by atoms with E-state index in [1.807, 2.05) is 0 Å². The maximum Gasteiger partial charge on any atom is 0.469 e. The third kappa shape index (κ3) is 8.36. The van der Waals surface area contributed by atoms with E-state index in [9.17, 15) is 4.57 Å². The maximum atomic E-state index is 10.3. The molecular formula is C6H15O6P. The van der Waals surface area contributed by atoms with E-state index in [0.29, 0.717) is 13.2 Å². The van der Waals surface area contributed by atoms with E-state index in [2.05, 4.69) is 4.52 Å². The van der Waals surface area contributed by atoms with Crippen molar-refractivity contribution >= 4 is 7.82 Å². The molecule has 0 aliphatic rings. The Balaban J connectivity index is 3.74. The standard InChI is InChI=1S/C6H15O6P/c1-3-10-6(11-4-2)5-12-13(7,8)9/h6H,3-5H2,1-2H3,(H2,7,8,9). The second-order valence-electron chi connectivity index (χ2n) is 2.13. The van der Waals surface area contributed by atoms with Gasteiger partial charge in [0.2, 0.25) is 0 Å². The van der Waals surface area contributed by atoms with Crippen molar-refractivity contribution in [1.29, 1.82) is 0 Å². The predicted molar refractivity (Wildman–Crippen MR) is 45.0 cm³/mol. The van der Waals surface area contributed by atoms with Gasteiger partial charge in [-0.15, -0.1) is 0 Å². The lowest BCUT2D eigenvalue weighted by atomic mass is 10.6. The van der Waals surface area contributed by atoms with Gasteiger partial charge in [-0.2, -0.15) is 0 Å². The van der Waals surface area contributed by atoms with Crippen LogP contribution in [0.25, 0.3) is 0 Å². The van der Waals surface area contributed by atoms with E-state index in [1.54, 1.807) is 13.8 Å². The van der Waals surface area contributed by atoms with Gasteiger partial charge in [0.15, 0.2) is 6.29 Å². The summed E-state index contributed by atoms with van der Waals surface area (Å²) >= 11 is 0. The molecule has 13 heavy (non-hydrogen) atoms. The number of phosphoric acid groups is 1. The smallest absolute Gasteiger partial charge is 0.351 e. The fourth-order valence-corrected chi connectivity index (χ4v) is 0.990. The molecule has 0 aromatic carbocycles. The van der Waals surface area contributed by atoms with Crippen molar-refractivity contribution < 1.29 is 28.3 Å². The Kier molecular flexibility index (Phi) is 6.49. The molecule has 0 unspecified atom stereocenters. The molecule has 0 atom stereocenters. The van der Waals surface area contributed by atoms with Crippen LogP contribution in [0.4, 0.5) is 0 Å². The van der Waals surface area contributed by atoms with Gasteiger partial charge in [-0.05, 0) is 13.8 Å². The van der Waals surface area contributed by atoms with Gasteiger partial charge in [-0.1, -0.05) is 0 Å². The van der Waals surface area contributed by atoms with Crippen molar-refractivity contribution in [2.75, 3.05) is 19.8 Å². The SMILES string of the molecule is CCOC(COP(=O)(O)O)OCC. The molecule has 0 rings (SSSR count). The van der Waals surface area contributed by atoms with Gasteiger partial charge < -0.3 is 19.3 Å². The Morgan fingerprint density at radius 1 is 1.23 bits per heavy atom. The van der Waals surface area contributed by atoms with Crippen LogP contribution in [0.15, 0.2) is 0 Å². The molecule has 0 aliphatic heterocycles. The molecule has 7 heteroatoms. The molecule has 0 aliphatic carbocycles. The summed E-state index contributed by atoms with van der Waals surface area (Å²) in [5.41, 5.74) is 0. The molecule has 0 bridgehead atoms. The average Bonchev–Trinajstić information content (AvgIpc) is 2.00. The summed E-state index contributed by atoms with van der Waals surface area (Å²) in [5, 5.41) is 0. The molecule has 0 spiro atoms. The van der Waals surface area contributed by atoms with E-state index < -0.39 is 14.1 Å². The van der Waals surface area contributed by atoms with Crippen LogP contribution in [0.3, 0.4) is 0 Å². The van der Waals surface area contributed by atoms with Crippen LogP contribution < -0.4 is 0 Å². The zero-order valence-electron chi connectivity index (χ0n) is 7.67. The number of phosphoric ester groups is 1. The lowest BCUT2D eigenvalue weighted by Crippen LogP contribution is -2.22. The molecule has 80 valence electrons. The monoisotopic (exact) mass is 214 g/mol. The topological polar surface area (TPSA) is 85.2 Å². The van der Waals surface area contributed by atoms with Crippen molar-refractivity contribution in [1.82, 2.24) is 0 Å². The van der Waals surface area contributed by atoms with Crippen molar-refractivity contribution in [3.63, 3.8) is 0 Å². The molecule has 0 aromatic rings. The third-order valence-corrected chi connectivity index (χ3v) is 1.57. The highest BCUT2D eigenvalue weighted by molar-refractivity contribution is 7.46. The minimum Gasteiger partial charge on any atom is -0.351 e. The Morgan fingerprint density at radius 2 is 1.69 bits per heavy atom. The molecular weight excluding hydrogens is 199 g/mol. The summed E-state index contributed by atoms with van der Waals surface area (Å²) in [5.74, 6) is 0. The zero-order valence-corrected chi connectivity index (χ0v) is 8.57. The van der Waals surface area contributed by atoms with Crippen LogP contribution in [0.1, 0.15) is 13.8 Å². The number of ether oxygens (including phenoxy) is 2. The summed E-state index contributed by atoms with van der Waals surface area (Å²) in [7, 11) is -4.43. The summed E-state index contributed by atoms with van der Waals surface area (Å²) in [6.45, 7) is 4.03. The fourth-order valence-electron chi connectivity index (χ4n) is 0.674. The Morgan fingerprint density at radius 3 is 2.00 bits per heavy atom. The van der Waals surface area contributed by atoms with E-state index in [-0.39, 0.29) is 6.61 Å². The lowest BCUT2D eigenvalue weighted by Gasteiger charge is -2.16. The second-order valence-corrected chi connectivity index (χ2v) is 3.37. The Labute approximate surface area is 77.0 Å². The van der Waals surface area contributed by atoms with Crippen molar-refractivity contribution in [2.45, 2.75) is 20.1 Å². The van der Waals surface area contributed by atoms with Crippen molar-refractivity contribution in [3.8, 4) is 0 Å². The van der Waals surface area contributed by atoms with E-state index in [1.165, 1.54) is 0 Å². The minimum atomic E-state index is -4.43. The highest BCUT2D eigenvalue weighted by atomic mass is 31.2. The van der Waals surface area contributed by atoms with E-state index in [0.717, 1.165) is 0 Å². The van der Waals surface area contributed by atoms with Crippen LogP contribution in [-0.2, 0) is 18.6 Å². The predicted octanol–water partition coefficient (Wildman–Crippen LogP) is 0.495. The lowest BCUT2D eigenvalue weighted by molar-refractivity contribution is -0.154.